The van der Waals surface area contributed by atoms with Crippen LogP contribution in [0.3, 0.4) is 0 Å². The van der Waals surface area contributed by atoms with Gasteiger partial charge in [0.25, 0.3) is 0 Å². The average molecular weight is 310 g/mol. The van der Waals surface area contributed by atoms with E-state index in [0.717, 1.165) is 31.4 Å². The summed E-state index contributed by atoms with van der Waals surface area (Å²) < 4.78 is 12.8. The summed E-state index contributed by atoms with van der Waals surface area (Å²) in [6.45, 7) is 0.998. The molecule has 6 nitrogen and oxygen atoms in total. The Labute approximate surface area is 122 Å². The Kier molecular flexibility index (Phi) is 3.80. The molecule has 1 fully saturated rings. The Hall–Kier alpha value is -1.33. The molecular weight excluding hydrogens is 291 g/mol. The van der Waals surface area contributed by atoms with Crippen molar-refractivity contribution in [3.8, 4) is 5.75 Å². The van der Waals surface area contributed by atoms with E-state index in [4.69, 9.17) is 0 Å². The fraction of sp³-hybridized carbons (Fsp3) is 0.429. The molecule has 2 heterocycles. The number of nitrogens with zero attached hydrogens (tertiary/aromatic N) is 1. The molecule has 21 heavy (non-hydrogen) atoms. The lowest BCUT2D eigenvalue weighted by atomic mass is 10.0. The van der Waals surface area contributed by atoms with E-state index < -0.39 is 7.60 Å². The van der Waals surface area contributed by atoms with E-state index in [9.17, 15) is 19.5 Å². The minimum Gasteiger partial charge on any atom is -0.507 e. The highest BCUT2D eigenvalue weighted by Gasteiger charge is 2.22. The molecular formula is C14H19N2O4P. The number of aromatic nitrogens is 1. The monoisotopic (exact) mass is 310 g/mol. The van der Waals surface area contributed by atoms with Gasteiger partial charge in [-0.2, -0.15) is 0 Å². The Bertz CT molecular complexity index is 700. The summed E-state index contributed by atoms with van der Waals surface area (Å²) in [5, 5.41) is 14.2. The van der Waals surface area contributed by atoms with Crippen LogP contribution in [0.25, 0.3) is 10.9 Å². The SMILES string of the molecule is O=P(O)(O)Cn1cc(C[C@H]2CCCN2)c2c(O)cccc21. The van der Waals surface area contributed by atoms with E-state index in [1.54, 1.807) is 29.0 Å². The molecule has 1 atom stereocenters. The second-order valence-electron chi connectivity index (χ2n) is 5.60. The third-order valence-corrected chi connectivity index (χ3v) is 4.60. The van der Waals surface area contributed by atoms with E-state index >= 15 is 0 Å². The molecule has 0 saturated carbocycles. The maximum Gasteiger partial charge on any atom is 0.345 e. The maximum atomic E-state index is 11.3. The number of rotatable bonds is 4. The van der Waals surface area contributed by atoms with Gasteiger partial charge in [-0.3, -0.25) is 4.57 Å². The van der Waals surface area contributed by atoms with Crippen LogP contribution in [-0.2, 0) is 17.3 Å². The predicted molar refractivity (Wildman–Crippen MR) is 80.4 cm³/mol. The molecule has 1 aliphatic rings. The first-order valence-electron chi connectivity index (χ1n) is 7.02. The van der Waals surface area contributed by atoms with Crippen molar-refractivity contribution in [2.75, 3.05) is 6.54 Å². The van der Waals surface area contributed by atoms with Crippen LogP contribution in [0.5, 0.6) is 5.75 Å². The topological polar surface area (TPSA) is 94.7 Å². The Morgan fingerprint density at radius 1 is 1.38 bits per heavy atom. The summed E-state index contributed by atoms with van der Waals surface area (Å²) in [6.07, 6.45) is 4.35. The highest BCUT2D eigenvalue weighted by Crippen LogP contribution is 2.40. The van der Waals surface area contributed by atoms with Crippen LogP contribution in [0, 0.1) is 0 Å². The summed E-state index contributed by atoms with van der Waals surface area (Å²) in [6, 6.07) is 5.43. The van der Waals surface area contributed by atoms with E-state index in [0.29, 0.717) is 16.9 Å². The van der Waals surface area contributed by atoms with Gasteiger partial charge in [-0.15, -0.1) is 0 Å². The Morgan fingerprint density at radius 3 is 2.86 bits per heavy atom. The molecule has 3 rings (SSSR count). The van der Waals surface area contributed by atoms with Gasteiger partial charge in [0.15, 0.2) is 0 Å². The first-order chi connectivity index (χ1) is 9.94. The van der Waals surface area contributed by atoms with E-state index in [-0.39, 0.29) is 12.0 Å². The first kappa shape index (κ1) is 14.6. The number of benzene rings is 1. The predicted octanol–water partition coefficient (Wildman–Crippen LogP) is 1.78. The largest absolute Gasteiger partial charge is 0.507 e. The van der Waals surface area contributed by atoms with Gasteiger partial charge in [-0.1, -0.05) is 6.07 Å². The third-order valence-electron chi connectivity index (χ3n) is 3.93. The summed E-state index contributed by atoms with van der Waals surface area (Å²) in [5.41, 5.74) is 1.59. The number of phenolic OH excluding ortho intramolecular Hbond substituents is 1. The van der Waals surface area contributed by atoms with Crippen LogP contribution < -0.4 is 5.32 Å². The Morgan fingerprint density at radius 2 is 2.19 bits per heavy atom. The smallest absolute Gasteiger partial charge is 0.345 e. The number of hydrogen-bond donors (Lipinski definition) is 4. The second kappa shape index (κ2) is 5.46. The van der Waals surface area contributed by atoms with E-state index in [1.165, 1.54) is 0 Å². The van der Waals surface area contributed by atoms with Crippen LogP contribution in [0.15, 0.2) is 24.4 Å². The molecule has 1 saturated heterocycles. The number of phenols is 1. The van der Waals surface area contributed by atoms with Gasteiger partial charge in [0.05, 0.1) is 5.52 Å². The Balaban J connectivity index is 2.04. The van der Waals surface area contributed by atoms with Crippen LogP contribution in [0.4, 0.5) is 0 Å². The van der Waals surface area contributed by atoms with Crippen molar-refractivity contribution in [2.24, 2.45) is 0 Å². The average Bonchev–Trinajstić information content (AvgIpc) is 2.98. The van der Waals surface area contributed by atoms with Crippen molar-refractivity contribution >= 4 is 18.5 Å². The van der Waals surface area contributed by atoms with Crippen molar-refractivity contribution < 1.29 is 19.5 Å². The molecule has 1 aromatic heterocycles. The van der Waals surface area contributed by atoms with Crippen molar-refractivity contribution in [1.29, 1.82) is 0 Å². The second-order valence-corrected chi connectivity index (χ2v) is 7.21. The van der Waals surface area contributed by atoms with Crippen molar-refractivity contribution in [1.82, 2.24) is 9.88 Å². The molecule has 114 valence electrons. The fourth-order valence-electron chi connectivity index (χ4n) is 3.09. The number of hydrogen-bond acceptors (Lipinski definition) is 3. The molecule has 0 amide bonds. The molecule has 0 radical (unpaired) electrons. The van der Waals surface area contributed by atoms with Gasteiger partial charge < -0.3 is 24.8 Å². The number of nitrogens with one attached hydrogen (secondary N) is 1. The lowest BCUT2D eigenvalue weighted by Crippen LogP contribution is -2.23. The lowest BCUT2D eigenvalue weighted by Gasteiger charge is -2.09. The zero-order valence-corrected chi connectivity index (χ0v) is 12.5. The zero-order chi connectivity index (χ0) is 15.0. The van der Waals surface area contributed by atoms with Gasteiger partial charge in [-0.25, -0.2) is 0 Å². The summed E-state index contributed by atoms with van der Waals surface area (Å²) in [4.78, 5) is 18.4. The summed E-state index contributed by atoms with van der Waals surface area (Å²) >= 11 is 0. The molecule has 0 bridgehead atoms. The lowest BCUT2D eigenvalue weighted by molar-refractivity contribution is 0.363. The van der Waals surface area contributed by atoms with Gasteiger partial charge in [0, 0.05) is 17.6 Å². The van der Waals surface area contributed by atoms with Gasteiger partial charge in [0.2, 0.25) is 0 Å². The fourth-order valence-corrected chi connectivity index (χ4v) is 3.72. The van der Waals surface area contributed by atoms with E-state index in [1.807, 2.05) is 0 Å². The highest BCUT2D eigenvalue weighted by molar-refractivity contribution is 7.50. The van der Waals surface area contributed by atoms with Crippen molar-refractivity contribution in [2.45, 2.75) is 31.6 Å². The molecule has 0 aliphatic carbocycles. The minimum atomic E-state index is -4.16. The molecule has 4 N–H and O–H groups in total. The number of aromatic hydroxyl groups is 1. The van der Waals surface area contributed by atoms with Crippen molar-refractivity contribution in [3.05, 3.63) is 30.0 Å². The molecule has 0 unspecified atom stereocenters. The number of fused-ring (bicyclic) bond motifs is 1. The highest BCUT2D eigenvalue weighted by atomic mass is 31.2. The molecule has 1 aromatic carbocycles. The van der Waals surface area contributed by atoms with Gasteiger partial charge >= 0.3 is 7.60 Å². The van der Waals surface area contributed by atoms with Crippen LogP contribution in [0.1, 0.15) is 18.4 Å². The van der Waals surface area contributed by atoms with Crippen LogP contribution in [0.2, 0.25) is 0 Å². The zero-order valence-electron chi connectivity index (χ0n) is 11.6. The third kappa shape index (κ3) is 3.14. The van der Waals surface area contributed by atoms with Crippen LogP contribution >= 0.6 is 7.60 Å². The quantitative estimate of drug-likeness (QED) is 0.646. The molecule has 2 aromatic rings. The van der Waals surface area contributed by atoms with Gasteiger partial charge in [-0.05, 0) is 43.5 Å². The van der Waals surface area contributed by atoms with Crippen molar-refractivity contribution in [3.63, 3.8) is 0 Å². The summed E-state index contributed by atoms with van der Waals surface area (Å²) in [5.74, 6) is 0.157. The normalized spacial score (nSPS) is 19.4. The molecule has 7 heteroatoms. The summed E-state index contributed by atoms with van der Waals surface area (Å²) in [7, 11) is -4.16. The molecule has 0 spiro atoms. The standard InChI is InChI=1S/C14H19N2O4P/c17-13-5-1-4-12-14(13)10(7-11-3-2-6-15-11)8-16(12)9-21(18,19)20/h1,4-5,8,11,15,17H,2-3,6-7,9H2,(H2,18,19,20)/t11-/m1/s1. The van der Waals surface area contributed by atoms with Crippen LogP contribution in [-0.4, -0.2) is 32.0 Å². The molecule has 1 aliphatic heterocycles. The van der Waals surface area contributed by atoms with E-state index in [2.05, 4.69) is 5.32 Å². The minimum absolute atomic E-state index is 0.157. The maximum absolute atomic E-state index is 11.3. The van der Waals surface area contributed by atoms with Gasteiger partial charge in [0.1, 0.15) is 12.0 Å². The first-order valence-corrected chi connectivity index (χ1v) is 8.81.